The Morgan fingerprint density at radius 3 is 2.77 bits per heavy atom. The van der Waals surface area contributed by atoms with Crippen LogP contribution < -0.4 is 5.73 Å². The van der Waals surface area contributed by atoms with Gasteiger partial charge in [-0.2, -0.15) is 0 Å². The van der Waals surface area contributed by atoms with E-state index >= 15 is 0 Å². The van der Waals surface area contributed by atoms with E-state index in [4.69, 9.17) is 10.8 Å². The van der Waals surface area contributed by atoms with Gasteiger partial charge in [-0.15, -0.1) is 0 Å². The molecule has 0 spiro atoms. The van der Waals surface area contributed by atoms with Crippen molar-refractivity contribution >= 4 is 25.0 Å². The quantitative estimate of drug-likeness (QED) is 0.721. The van der Waals surface area contributed by atoms with Gasteiger partial charge in [-0.05, 0) is 0 Å². The van der Waals surface area contributed by atoms with Crippen molar-refractivity contribution in [2.24, 2.45) is 0 Å². The van der Waals surface area contributed by atoms with E-state index in [9.17, 15) is 4.79 Å². The van der Waals surface area contributed by atoms with Crippen LogP contribution in [0.25, 0.3) is 0 Å². The van der Waals surface area contributed by atoms with Gasteiger partial charge in [-0.3, -0.25) is 0 Å². The molecule has 1 aromatic rings. The Morgan fingerprint density at radius 1 is 1.38 bits per heavy atom. The maximum absolute atomic E-state index is 10.9. The van der Waals surface area contributed by atoms with Gasteiger partial charge in [0.25, 0.3) is 0 Å². The first-order valence-corrected chi connectivity index (χ1v) is 6.04. The molecule has 3 nitrogen and oxygen atoms in total. The number of hydrogen-bond donors (Lipinski definition) is 2. The minimum atomic E-state index is -0.841. The van der Waals surface area contributed by atoms with Crippen LogP contribution in [0.4, 0.5) is 4.56 Å². The Labute approximate surface area is 82.3 Å². The predicted octanol–water partition coefficient (Wildman–Crippen LogP) is 0.903. The Kier molecular flexibility index (Phi) is 2.18. The molecule has 1 aliphatic rings. The van der Waals surface area contributed by atoms with Crippen molar-refractivity contribution in [3.8, 4) is 0 Å². The van der Waals surface area contributed by atoms with Gasteiger partial charge < -0.3 is 0 Å². The van der Waals surface area contributed by atoms with Crippen LogP contribution in [-0.4, -0.2) is 25.6 Å². The number of fused-ring (bicyclic) bond motifs is 1. The molecule has 1 heterocycles. The number of carboxylic acids is 1. The molecule has 0 radical (unpaired) electrons. The summed E-state index contributed by atoms with van der Waals surface area (Å²) in [6.45, 7) is 0. The van der Waals surface area contributed by atoms with Gasteiger partial charge in [0.15, 0.2) is 0 Å². The summed E-state index contributed by atoms with van der Waals surface area (Å²) in [5.74, 6) is -0.841. The zero-order chi connectivity index (χ0) is 9.42. The van der Waals surface area contributed by atoms with Crippen LogP contribution in [0.5, 0.6) is 0 Å². The van der Waals surface area contributed by atoms with E-state index in [0.29, 0.717) is 10.1 Å². The normalized spacial score (nSPS) is 15.4. The van der Waals surface area contributed by atoms with Gasteiger partial charge in [0.05, 0.1) is 0 Å². The molecular weight excluding hydrogens is 233 g/mol. The zero-order valence-electron chi connectivity index (χ0n) is 7.17. The molecule has 0 bridgehead atoms. The summed E-state index contributed by atoms with van der Waals surface area (Å²) < 4.78 is 1.94. The Morgan fingerprint density at radius 2 is 2.08 bits per heavy atom. The zero-order valence-corrected chi connectivity index (χ0v) is 8.88. The van der Waals surface area contributed by atoms with Crippen molar-refractivity contribution in [1.29, 1.82) is 0 Å². The molecule has 2 rings (SSSR count). The average Bonchev–Trinajstić information content (AvgIpc) is 2.39. The molecule has 0 aromatic carbocycles. The molecule has 0 unspecified atom stereocenters. The van der Waals surface area contributed by atoms with Crippen LogP contribution in [0.15, 0.2) is 0 Å². The number of carboxylic acid groups (broad SMARTS) is 1. The first-order chi connectivity index (χ1) is 6.20. The third-order valence-corrected chi connectivity index (χ3v) is 4.76. The molecule has 1 aliphatic carbocycles. The van der Waals surface area contributed by atoms with E-state index in [2.05, 4.69) is 0 Å². The van der Waals surface area contributed by atoms with Crippen molar-refractivity contribution in [1.82, 2.24) is 0 Å². The van der Waals surface area contributed by atoms with Gasteiger partial charge >= 0.3 is 81.9 Å². The molecule has 0 saturated heterocycles. The van der Waals surface area contributed by atoms with Gasteiger partial charge in [-0.25, -0.2) is 0 Å². The molecular formula is C9H11NO2Se. The Balaban J connectivity index is 2.54. The fourth-order valence-electron chi connectivity index (χ4n) is 1.82. The molecule has 0 fully saturated rings. The third-order valence-electron chi connectivity index (χ3n) is 2.41. The second-order valence-corrected chi connectivity index (χ2v) is 5.64. The van der Waals surface area contributed by atoms with Crippen LogP contribution in [0.2, 0.25) is 0 Å². The van der Waals surface area contributed by atoms with E-state index in [1.165, 1.54) is 10.9 Å². The van der Waals surface area contributed by atoms with Gasteiger partial charge in [0.2, 0.25) is 0 Å². The van der Waals surface area contributed by atoms with E-state index in [0.717, 1.165) is 24.8 Å². The van der Waals surface area contributed by atoms with Crippen molar-refractivity contribution in [2.75, 3.05) is 5.73 Å². The Hall–Kier alpha value is -0.731. The molecule has 0 atom stereocenters. The number of nitrogens with two attached hydrogens (primary N) is 1. The van der Waals surface area contributed by atoms with Crippen molar-refractivity contribution < 1.29 is 9.90 Å². The maximum atomic E-state index is 10.9. The van der Waals surface area contributed by atoms with Crippen molar-refractivity contribution in [3.05, 3.63) is 15.6 Å². The fourth-order valence-corrected chi connectivity index (χ4v) is 4.24. The van der Waals surface area contributed by atoms with Crippen LogP contribution in [-0.2, 0) is 12.8 Å². The topological polar surface area (TPSA) is 63.3 Å². The molecule has 0 amide bonds. The average molecular weight is 244 g/mol. The molecule has 13 heavy (non-hydrogen) atoms. The SMILES string of the molecule is Nc1[se]c2c(c1C(=O)O)CCCC2. The summed E-state index contributed by atoms with van der Waals surface area (Å²) in [4.78, 5) is 10.9. The first-order valence-electron chi connectivity index (χ1n) is 4.33. The monoisotopic (exact) mass is 245 g/mol. The van der Waals surface area contributed by atoms with Crippen LogP contribution in [0.1, 0.15) is 33.2 Å². The molecule has 1 aromatic heterocycles. The van der Waals surface area contributed by atoms with Gasteiger partial charge in [-0.1, -0.05) is 0 Å². The van der Waals surface area contributed by atoms with E-state index < -0.39 is 5.97 Å². The summed E-state index contributed by atoms with van der Waals surface area (Å²) in [5.41, 5.74) is 7.20. The van der Waals surface area contributed by atoms with E-state index in [1.54, 1.807) is 0 Å². The summed E-state index contributed by atoms with van der Waals surface area (Å²) >= 11 is 0.128. The van der Waals surface area contributed by atoms with E-state index in [1.807, 2.05) is 0 Å². The number of carbonyl (C=O) groups is 1. The first kappa shape index (κ1) is 8.85. The summed E-state index contributed by atoms with van der Waals surface area (Å²) in [5, 5.41) is 8.96. The molecule has 0 aliphatic heterocycles. The predicted molar refractivity (Wildman–Crippen MR) is 51.4 cm³/mol. The second kappa shape index (κ2) is 3.20. The third kappa shape index (κ3) is 1.40. The summed E-state index contributed by atoms with van der Waals surface area (Å²) in [6, 6.07) is 0. The van der Waals surface area contributed by atoms with Crippen LogP contribution in [0.3, 0.4) is 0 Å². The molecule has 4 heteroatoms. The van der Waals surface area contributed by atoms with Crippen molar-refractivity contribution in [2.45, 2.75) is 25.7 Å². The standard InChI is InChI=1S/C9H11NO2Se/c10-8-7(9(11)12)5-3-1-2-4-6(5)13-8/h1-4,10H2,(H,11,12). The number of aryl methyl sites for hydroxylation is 1. The van der Waals surface area contributed by atoms with Gasteiger partial charge in [0, 0.05) is 0 Å². The van der Waals surface area contributed by atoms with Crippen LogP contribution in [0, 0.1) is 0 Å². The fraction of sp³-hybridized carbons (Fsp3) is 0.444. The number of anilines is 1. The number of hydrogen-bond acceptors (Lipinski definition) is 2. The molecule has 70 valence electrons. The molecule has 3 N–H and O–H groups in total. The van der Waals surface area contributed by atoms with Gasteiger partial charge in [0.1, 0.15) is 0 Å². The second-order valence-electron chi connectivity index (χ2n) is 3.26. The van der Waals surface area contributed by atoms with Crippen LogP contribution >= 0.6 is 0 Å². The molecule has 0 saturated carbocycles. The van der Waals surface area contributed by atoms with Crippen molar-refractivity contribution in [3.63, 3.8) is 0 Å². The minimum absolute atomic E-state index is 0.128. The van der Waals surface area contributed by atoms with E-state index in [-0.39, 0.29) is 14.5 Å². The number of rotatable bonds is 1. The summed E-state index contributed by atoms with van der Waals surface area (Å²) in [7, 11) is 0. The summed E-state index contributed by atoms with van der Waals surface area (Å²) in [6.07, 6.45) is 4.28. The number of aromatic carboxylic acids is 1. The Bertz CT molecular complexity index is 357. The number of nitrogen functional groups attached to an aromatic ring is 1.